The van der Waals surface area contributed by atoms with Gasteiger partial charge in [-0.1, -0.05) is 42.8 Å². The molecule has 1 aromatic heterocycles. The van der Waals surface area contributed by atoms with E-state index in [1.54, 1.807) is 0 Å². The molecule has 4 rings (SSSR count). The second-order valence-electron chi connectivity index (χ2n) is 7.53. The Bertz CT molecular complexity index is 884. The maximum atomic E-state index is 6.15. The van der Waals surface area contributed by atoms with Crippen molar-refractivity contribution in [1.82, 2.24) is 14.7 Å². The number of rotatable bonds is 7. The van der Waals surface area contributed by atoms with E-state index in [0.717, 1.165) is 28.4 Å². The lowest BCUT2D eigenvalue weighted by Crippen LogP contribution is -2.28. The number of likely N-dealkylation sites (tertiary alicyclic amines) is 1. The van der Waals surface area contributed by atoms with E-state index in [9.17, 15) is 0 Å². The highest BCUT2D eigenvalue weighted by molar-refractivity contribution is 6.30. The number of aromatic nitrogens is 2. The highest BCUT2D eigenvalue weighted by atomic mass is 35.5. The first-order chi connectivity index (χ1) is 13.2. The molecule has 0 spiro atoms. The summed E-state index contributed by atoms with van der Waals surface area (Å²) in [5.74, 6) is 1.22. The third-order valence-corrected chi connectivity index (χ3v) is 5.39. The van der Waals surface area contributed by atoms with Gasteiger partial charge in [0.2, 0.25) is 5.88 Å². The van der Waals surface area contributed by atoms with Crippen molar-refractivity contribution in [2.75, 3.05) is 26.2 Å². The summed E-state index contributed by atoms with van der Waals surface area (Å²) < 4.78 is 8.16. The van der Waals surface area contributed by atoms with Gasteiger partial charge in [-0.3, -0.25) is 4.68 Å². The molecule has 142 valence electrons. The standard InChI is InChI=1S/C22H26ClN3O/c1-17(14-25-12-4-5-13-25)16-27-22-20-6-2-3-7-21(20)26(24-22)15-18-8-10-19(23)11-9-18/h2-3,6-11,17H,4-5,12-16H2,1H3/t17-/m1/s1. The first kappa shape index (κ1) is 18.3. The van der Waals surface area contributed by atoms with E-state index < -0.39 is 0 Å². The lowest BCUT2D eigenvalue weighted by molar-refractivity contribution is 0.201. The zero-order valence-corrected chi connectivity index (χ0v) is 16.5. The molecule has 3 aromatic rings. The summed E-state index contributed by atoms with van der Waals surface area (Å²) in [7, 11) is 0. The minimum atomic E-state index is 0.489. The molecular weight excluding hydrogens is 358 g/mol. The Morgan fingerprint density at radius 1 is 1.07 bits per heavy atom. The van der Waals surface area contributed by atoms with Crippen LogP contribution in [0.2, 0.25) is 5.02 Å². The van der Waals surface area contributed by atoms with Crippen LogP contribution in [-0.4, -0.2) is 40.9 Å². The van der Waals surface area contributed by atoms with Crippen LogP contribution in [0.15, 0.2) is 48.5 Å². The first-order valence-corrected chi connectivity index (χ1v) is 10.1. The molecule has 0 unspecified atom stereocenters. The van der Waals surface area contributed by atoms with Crippen LogP contribution < -0.4 is 4.74 Å². The predicted molar refractivity (Wildman–Crippen MR) is 111 cm³/mol. The fourth-order valence-electron chi connectivity index (χ4n) is 3.77. The van der Waals surface area contributed by atoms with Crippen LogP contribution in [-0.2, 0) is 6.54 Å². The third kappa shape index (κ3) is 4.45. The molecule has 0 bridgehead atoms. The summed E-state index contributed by atoms with van der Waals surface area (Å²) in [4.78, 5) is 2.53. The largest absolute Gasteiger partial charge is 0.476 e. The number of ether oxygens (including phenoxy) is 1. The zero-order chi connectivity index (χ0) is 18.6. The van der Waals surface area contributed by atoms with Crippen LogP contribution >= 0.6 is 11.6 Å². The lowest BCUT2D eigenvalue weighted by Gasteiger charge is -2.19. The number of benzene rings is 2. The Hall–Kier alpha value is -2.04. The average Bonchev–Trinajstić information content (AvgIpc) is 3.30. The van der Waals surface area contributed by atoms with Crippen LogP contribution in [0.3, 0.4) is 0 Å². The van der Waals surface area contributed by atoms with Crippen molar-refractivity contribution in [3.05, 3.63) is 59.1 Å². The van der Waals surface area contributed by atoms with E-state index in [4.69, 9.17) is 21.4 Å². The third-order valence-electron chi connectivity index (χ3n) is 5.14. The fraction of sp³-hybridized carbons (Fsp3) is 0.409. The molecule has 1 atom stereocenters. The molecule has 1 aliphatic rings. The number of fused-ring (bicyclic) bond motifs is 1. The van der Waals surface area contributed by atoms with Gasteiger partial charge in [0.05, 0.1) is 24.1 Å². The summed E-state index contributed by atoms with van der Waals surface area (Å²) in [5.41, 5.74) is 2.26. The van der Waals surface area contributed by atoms with Gasteiger partial charge in [0.25, 0.3) is 0 Å². The minimum absolute atomic E-state index is 0.489. The van der Waals surface area contributed by atoms with Gasteiger partial charge in [-0.05, 0) is 55.8 Å². The summed E-state index contributed by atoms with van der Waals surface area (Å²) in [6.45, 7) is 7.20. The lowest BCUT2D eigenvalue weighted by atomic mass is 10.2. The molecule has 2 heterocycles. The Morgan fingerprint density at radius 2 is 1.81 bits per heavy atom. The van der Waals surface area contributed by atoms with Crippen molar-refractivity contribution in [3.63, 3.8) is 0 Å². The second kappa shape index (κ2) is 8.32. The van der Waals surface area contributed by atoms with Crippen LogP contribution in [0, 0.1) is 5.92 Å². The molecule has 27 heavy (non-hydrogen) atoms. The highest BCUT2D eigenvalue weighted by Crippen LogP contribution is 2.26. The molecule has 0 N–H and O–H groups in total. The first-order valence-electron chi connectivity index (χ1n) is 9.74. The summed E-state index contributed by atoms with van der Waals surface area (Å²) in [6.07, 6.45) is 2.65. The summed E-state index contributed by atoms with van der Waals surface area (Å²) in [6, 6.07) is 16.2. The average molecular weight is 384 g/mol. The SMILES string of the molecule is C[C@@H](COc1nn(Cc2ccc(Cl)cc2)c2ccccc12)CN1CCCC1. The van der Waals surface area contributed by atoms with Crippen molar-refractivity contribution in [2.45, 2.75) is 26.3 Å². The quantitative estimate of drug-likeness (QED) is 0.584. The number of hydrogen-bond donors (Lipinski definition) is 0. The predicted octanol–water partition coefficient (Wildman–Crippen LogP) is 4.85. The molecular formula is C22H26ClN3O. The molecule has 4 nitrogen and oxygen atoms in total. The van der Waals surface area contributed by atoms with Crippen molar-refractivity contribution < 1.29 is 4.74 Å². The van der Waals surface area contributed by atoms with Crippen LogP contribution in [0.5, 0.6) is 5.88 Å². The van der Waals surface area contributed by atoms with Gasteiger partial charge in [0.15, 0.2) is 0 Å². The van der Waals surface area contributed by atoms with Gasteiger partial charge in [0, 0.05) is 17.5 Å². The Balaban J connectivity index is 1.48. The van der Waals surface area contributed by atoms with E-state index in [2.05, 4.69) is 24.0 Å². The van der Waals surface area contributed by atoms with Gasteiger partial charge in [-0.2, -0.15) is 0 Å². The maximum absolute atomic E-state index is 6.15. The number of para-hydroxylation sites is 1. The number of hydrogen-bond acceptors (Lipinski definition) is 3. The zero-order valence-electron chi connectivity index (χ0n) is 15.8. The fourth-order valence-corrected chi connectivity index (χ4v) is 3.89. The van der Waals surface area contributed by atoms with Gasteiger partial charge >= 0.3 is 0 Å². The maximum Gasteiger partial charge on any atom is 0.240 e. The monoisotopic (exact) mass is 383 g/mol. The van der Waals surface area contributed by atoms with Crippen molar-refractivity contribution in [1.29, 1.82) is 0 Å². The van der Waals surface area contributed by atoms with Crippen LogP contribution in [0.1, 0.15) is 25.3 Å². The number of nitrogens with zero attached hydrogens (tertiary/aromatic N) is 3. The molecule has 0 amide bonds. The summed E-state index contributed by atoms with van der Waals surface area (Å²) in [5, 5.41) is 6.58. The van der Waals surface area contributed by atoms with E-state index in [1.807, 2.05) is 41.1 Å². The molecule has 1 saturated heterocycles. The molecule has 0 saturated carbocycles. The van der Waals surface area contributed by atoms with Crippen molar-refractivity contribution >= 4 is 22.5 Å². The minimum Gasteiger partial charge on any atom is -0.476 e. The molecule has 2 aromatic carbocycles. The molecule has 0 radical (unpaired) electrons. The van der Waals surface area contributed by atoms with Gasteiger partial charge in [-0.25, -0.2) is 0 Å². The normalized spacial score (nSPS) is 16.1. The Labute approximate surface area is 165 Å². The Kier molecular flexibility index (Phi) is 5.65. The molecule has 1 aliphatic heterocycles. The Morgan fingerprint density at radius 3 is 2.59 bits per heavy atom. The number of halogens is 1. The van der Waals surface area contributed by atoms with E-state index >= 15 is 0 Å². The van der Waals surface area contributed by atoms with Crippen molar-refractivity contribution in [2.24, 2.45) is 5.92 Å². The van der Waals surface area contributed by atoms with E-state index in [1.165, 1.54) is 31.5 Å². The molecule has 0 aliphatic carbocycles. The molecule has 5 heteroatoms. The smallest absolute Gasteiger partial charge is 0.240 e. The van der Waals surface area contributed by atoms with Crippen LogP contribution in [0.25, 0.3) is 10.9 Å². The highest BCUT2D eigenvalue weighted by Gasteiger charge is 2.17. The van der Waals surface area contributed by atoms with E-state index in [0.29, 0.717) is 19.1 Å². The van der Waals surface area contributed by atoms with Gasteiger partial charge in [-0.15, -0.1) is 5.10 Å². The second-order valence-corrected chi connectivity index (χ2v) is 7.97. The topological polar surface area (TPSA) is 30.3 Å². The molecule has 1 fully saturated rings. The summed E-state index contributed by atoms with van der Waals surface area (Å²) >= 11 is 6.00. The van der Waals surface area contributed by atoms with E-state index in [-0.39, 0.29) is 0 Å². The van der Waals surface area contributed by atoms with Gasteiger partial charge < -0.3 is 9.64 Å². The van der Waals surface area contributed by atoms with Gasteiger partial charge in [0.1, 0.15) is 0 Å². The van der Waals surface area contributed by atoms with Crippen LogP contribution in [0.4, 0.5) is 0 Å². The van der Waals surface area contributed by atoms with Crippen molar-refractivity contribution in [3.8, 4) is 5.88 Å².